The largest absolute Gasteiger partial charge is 0.338 e. The highest BCUT2D eigenvalue weighted by molar-refractivity contribution is 5.74. The van der Waals surface area contributed by atoms with Crippen LogP contribution in [0.15, 0.2) is 48.5 Å². The lowest BCUT2D eigenvalue weighted by molar-refractivity contribution is 0.221. The summed E-state index contributed by atoms with van der Waals surface area (Å²) in [6.45, 7) is 1.86. The summed E-state index contributed by atoms with van der Waals surface area (Å²) >= 11 is 0. The Labute approximate surface area is 187 Å². The zero-order chi connectivity index (χ0) is 22.8. The molecule has 0 spiro atoms. The average Bonchev–Trinajstić information content (AvgIpc) is 2.81. The second-order valence-corrected chi connectivity index (χ2v) is 8.28. The van der Waals surface area contributed by atoms with Gasteiger partial charge < -0.3 is 21.3 Å². The Hall–Kier alpha value is -3.16. The van der Waals surface area contributed by atoms with Crippen molar-refractivity contribution in [1.82, 2.24) is 21.3 Å². The molecule has 3 rings (SSSR count). The molecule has 6 nitrogen and oxygen atoms in total. The first kappa shape index (κ1) is 23.5. The van der Waals surface area contributed by atoms with Crippen LogP contribution in [0.5, 0.6) is 0 Å². The monoisotopic (exact) mass is 444 g/mol. The third-order valence-electron chi connectivity index (χ3n) is 5.73. The van der Waals surface area contributed by atoms with E-state index in [9.17, 15) is 18.4 Å². The molecular formula is C24H30F2N4O2. The van der Waals surface area contributed by atoms with Gasteiger partial charge in [-0.1, -0.05) is 30.7 Å². The number of urea groups is 2. The number of halogens is 2. The standard InChI is InChI=1S/C24H30F2N4O2/c25-21-8-4-17(5-9-21)13-27-23(31)29-15-19-2-1-3-20(12-19)16-30-24(32)28-14-18-6-10-22(26)11-7-18/h4-11,19-20H,1-3,12-16H2,(H2,27,29,31)(H2,28,30,32)/t19-,20-/m0/s1. The van der Waals surface area contributed by atoms with E-state index in [4.69, 9.17) is 0 Å². The first-order chi connectivity index (χ1) is 15.5. The maximum absolute atomic E-state index is 12.9. The van der Waals surface area contributed by atoms with Crippen molar-refractivity contribution >= 4 is 12.1 Å². The van der Waals surface area contributed by atoms with Crippen LogP contribution < -0.4 is 21.3 Å². The predicted octanol–water partition coefficient (Wildman–Crippen LogP) is 4.07. The number of rotatable bonds is 8. The highest BCUT2D eigenvalue weighted by atomic mass is 19.1. The SMILES string of the molecule is O=C(NCc1ccc(F)cc1)NC[C@H]1CCC[C@H](CNC(=O)NCc2ccc(F)cc2)C1. The van der Waals surface area contributed by atoms with Gasteiger partial charge >= 0.3 is 12.1 Å². The zero-order valence-electron chi connectivity index (χ0n) is 18.0. The molecule has 1 saturated carbocycles. The van der Waals surface area contributed by atoms with Gasteiger partial charge in [0, 0.05) is 26.2 Å². The maximum atomic E-state index is 12.9. The molecule has 8 heteroatoms. The Bertz CT molecular complexity index is 803. The van der Waals surface area contributed by atoms with E-state index < -0.39 is 0 Å². The Morgan fingerprint density at radius 1 is 0.688 bits per heavy atom. The number of nitrogens with one attached hydrogen (secondary N) is 4. The molecular weight excluding hydrogens is 414 g/mol. The van der Waals surface area contributed by atoms with Crippen molar-refractivity contribution in [3.05, 3.63) is 71.3 Å². The van der Waals surface area contributed by atoms with E-state index in [1.165, 1.54) is 24.3 Å². The highest BCUT2D eigenvalue weighted by Crippen LogP contribution is 2.28. The van der Waals surface area contributed by atoms with E-state index in [0.29, 0.717) is 38.0 Å². The number of carbonyl (C=O) groups excluding carboxylic acids is 2. The van der Waals surface area contributed by atoms with Crippen LogP contribution in [0.25, 0.3) is 0 Å². The first-order valence-electron chi connectivity index (χ1n) is 11.0. The Morgan fingerprint density at radius 2 is 1.09 bits per heavy atom. The van der Waals surface area contributed by atoms with Gasteiger partial charge in [0.1, 0.15) is 11.6 Å². The van der Waals surface area contributed by atoms with Gasteiger partial charge in [-0.25, -0.2) is 18.4 Å². The molecule has 172 valence electrons. The minimum atomic E-state index is -0.301. The lowest BCUT2D eigenvalue weighted by Crippen LogP contribution is -2.41. The number of hydrogen-bond acceptors (Lipinski definition) is 2. The van der Waals surface area contributed by atoms with Gasteiger partial charge in [0.15, 0.2) is 0 Å². The molecule has 1 aliphatic carbocycles. The average molecular weight is 445 g/mol. The van der Waals surface area contributed by atoms with Gasteiger partial charge in [-0.15, -0.1) is 0 Å². The fraction of sp³-hybridized carbons (Fsp3) is 0.417. The van der Waals surface area contributed by atoms with Gasteiger partial charge in [-0.05, 0) is 66.5 Å². The van der Waals surface area contributed by atoms with Crippen LogP contribution in [0.3, 0.4) is 0 Å². The van der Waals surface area contributed by atoms with Crippen LogP contribution >= 0.6 is 0 Å². The minimum Gasteiger partial charge on any atom is -0.338 e. The van der Waals surface area contributed by atoms with Gasteiger partial charge in [-0.3, -0.25) is 0 Å². The third kappa shape index (κ3) is 8.17. The van der Waals surface area contributed by atoms with E-state index >= 15 is 0 Å². The molecule has 2 aromatic carbocycles. The lowest BCUT2D eigenvalue weighted by Gasteiger charge is -2.29. The lowest BCUT2D eigenvalue weighted by atomic mass is 9.81. The third-order valence-corrected chi connectivity index (χ3v) is 5.73. The molecule has 0 saturated heterocycles. The van der Waals surface area contributed by atoms with Gasteiger partial charge in [0.25, 0.3) is 0 Å². The summed E-state index contributed by atoms with van der Waals surface area (Å²) in [7, 11) is 0. The summed E-state index contributed by atoms with van der Waals surface area (Å²) < 4.78 is 25.9. The van der Waals surface area contributed by atoms with E-state index in [1.54, 1.807) is 24.3 Å². The molecule has 1 fully saturated rings. The molecule has 0 bridgehead atoms. The van der Waals surface area contributed by atoms with E-state index in [1.807, 2.05) is 0 Å². The van der Waals surface area contributed by atoms with Crippen molar-refractivity contribution < 1.29 is 18.4 Å². The van der Waals surface area contributed by atoms with Crippen LogP contribution in [0.1, 0.15) is 36.8 Å². The molecule has 0 radical (unpaired) electrons. The number of hydrogen-bond donors (Lipinski definition) is 4. The second kappa shape index (κ2) is 12.0. The number of carbonyl (C=O) groups is 2. The summed E-state index contributed by atoms with van der Waals surface area (Å²) in [5.74, 6) is 0.138. The fourth-order valence-electron chi connectivity index (χ4n) is 3.94. The first-order valence-corrected chi connectivity index (χ1v) is 11.0. The molecule has 0 heterocycles. The summed E-state index contributed by atoms with van der Waals surface area (Å²) in [6.07, 6.45) is 4.10. The quantitative estimate of drug-likeness (QED) is 0.495. The number of benzene rings is 2. The molecule has 32 heavy (non-hydrogen) atoms. The second-order valence-electron chi connectivity index (χ2n) is 8.28. The Kier molecular flexibility index (Phi) is 8.83. The number of amides is 4. The van der Waals surface area contributed by atoms with Gasteiger partial charge in [0.2, 0.25) is 0 Å². The van der Waals surface area contributed by atoms with Gasteiger partial charge in [-0.2, -0.15) is 0 Å². The maximum Gasteiger partial charge on any atom is 0.315 e. The van der Waals surface area contributed by atoms with Crippen LogP contribution in [-0.4, -0.2) is 25.2 Å². The van der Waals surface area contributed by atoms with Crippen molar-refractivity contribution in [1.29, 1.82) is 0 Å². The minimum absolute atomic E-state index is 0.241. The van der Waals surface area contributed by atoms with Crippen LogP contribution in [0, 0.1) is 23.5 Å². The molecule has 1 aliphatic rings. The van der Waals surface area contributed by atoms with Crippen LogP contribution in [0.4, 0.5) is 18.4 Å². The molecule has 0 unspecified atom stereocenters. The topological polar surface area (TPSA) is 82.3 Å². The summed E-state index contributed by atoms with van der Waals surface area (Å²) in [6, 6.07) is 11.6. The smallest absolute Gasteiger partial charge is 0.315 e. The van der Waals surface area contributed by atoms with Crippen molar-refractivity contribution in [3.63, 3.8) is 0 Å². The summed E-state index contributed by atoms with van der Waals surface area (Å²) in [5, 5.41) is 11.4. The van der Waals surface area contributed by atoms with Crippen molar-refractivity contribution in [2.45, 2.75) is 38.8 Å². The van der Waals surface area contributed by atoms with Crippen LogP contribution in [0.2, 0.25) is 0 Å². The van der Waals surface area contributed by atoms with Crippen molar-refractivity contribution in [2.24, 2.45) is 11.8 Å². The van der Waals surface area contributed by atoms with E-state index in [-0.39, 0.29) is 23.7 Å². The molecule has 2 atom stereocenters. The molecule has 4 amide bonds. The summed E-state index contributed by atoms with van der Waals surface area (Å²) in [5.41, 5.74) is 1.67. The van der Waals surface area contributed by atoms with E-state index in [2.05, 4.69) is 21.3 Å². The van der Waals surface area contributed by atoms with Crippen molar-refractivity contribution in [2.75, 3.05) is 13.1 Å². The van der Waals surface area contributed by atoms with Crippen molar-refractivity contribution in [3.8, 4) is 0 Å². The highest BCUT2D eigenvalue weighted by Gasteiger charge is 2.22. The normalized spacial score (nSPS) is 17.9. The predicted molar refractivity (Wildman–Crippen MR) is 119 cm³/mol. The molecule has 0 aliphatic heterocycles. The fourth-order valence-corrected chi connectivity index (χ4v) is 3.94. The Balaban J connectivity index is 1.30. The van der Waals surface area contributed by atoms with Gasteiger partial charge in [0.05, 0.1) is 0 Å². The van der Waals surface area contributed by atoms with Crippen LogP contribution in [-0.2, 0) is 13.1 Å². The summed E-state index contributed by atoms with van der Waals surface area (Å²) in [4.78, 5) is 24.1. The molecule has 0 aromatic heterocycles. The van der Waals surface area contributed by atoms with E-state index in [0.717, 1.165) is 36.8 Å². The molecule has 4 N–H and O–H groups in total. The Morgan fingerprint density at radius 3 is 1.50 bits per heavy atom. The molecule has 2 aromatic rings. The zero-order valence-corrected chi connectivity index (χ0v) is 18.0.